The number of carboxylic acid groups (broad SMARTS) is 1. The Bertz CT molecular complexity index is 1300. The van der Waals surface area contributed by atoms with Crippen molar-refractivity contribution in [2.24, 2.45) is 5.73 Å². The van der Waals surface area contributed by atoms with Crippen molar-refractivity contribution in [1.29, 1.82) is 0 Å². The highest BCUT2D eigenvalue weighted by Gasteiger charge is 2.38. The molecule has 0 radical (unpaired) electrons. The summed E-state index contributed by atoms with van der Waals surface area (Å²) in [7, 11) is -3.75. The Balaban J connectivity index is 1.83. The normalized spacial score (nSPS) is 15.7. The second-order valence-electron chi connectivity index (χ2n) is 8.26. The molecule has 4 rings (SSSR count). The summed E-state index contributed by atoms with van der Waals surface area (Å²) in [6, 6.07) is 4.39. The number of carbonyl (C=O) groups is 1. The molecule has 1 aliphatic carbocycles. The first-order valence-electron chi connectivity index (χ1n) is 10.3. The van der Waals surface area contributed by atoms with E-state index in [0.717, 1.165) is 18.4 Å². The lowest BCUT2D eigenvalue weighted by atomic mass is 10.0. The molecule has 1 atom stereocenters. The van der Waals surface area contributed by atoms with E-state index in [0.29, 0.717) is 34.6 Å². The molecular weight excluding hydrogens is 420 g/mol. The Kier molecular flexibility index (Phi) is 5.63. The fourth-order valence-corrected chi connectivity index (χ4v) is 5.80. The minimum absolute atomic E-state index is 0.0149. The molecule has 9 nitrogen and oxygen atoms in total. The summed E-state index contributed by atoms with van der Waals surface area (Å²) in [6.07, 6.45) is 4.22. The van der Waals surface area contributed by atoms with E-state index in [2.05, 4.69) is 9.97 Å². The van der Waals surface area contributed by atoms with E-state index < -0.39 is 16.0 Å². The number of aryl methyl sites for hydroxylation is 1. The number of sulfonamides is 1. The molecule has 5 N–H and O–H groups in total. The van der Waals surface area contributed by atoms with E-state index in [4.69, 9.17) is 10.8 Å². The molecule has 1 saturated carbocycles. The van der Waals surface area contributed by atoms with Crippen molar-refractivity contribution in [2.45, 2.75) is 56.0 Å². The molecule has 0 amide bonds. The molecule has 2 heterocycles. The summed E-state index contributed by atoms with van der Waals surface area (Å²) >= 11 is 0. The van der Waals surface area contributed by atoms with Crippen LogP contribution < -0.4 is 11.3 Å². The minimum atomic E-state index is -3.75. The van der Waals surface area contributed by atoms with Crippen molar-refractivity contribution < 1.29 is 18.3 Å². The number of hydrogen-bond donors (Lipinski definition) is 4. The predicted octanol–water partition coefficient (Wildman–Crippen LogP) is 1.92. The molecule has 1 aromatic carbocycles. The van der Waals surface area contributed by atoms with Gasteiger partial charge in [-0.15, -0.1) is 0 Å². The lowest BCUT2D eigenvalue weighted by Gasteiger charge is -2.24. The minimum Gasteiger partial charge on any atom is -0.481 e. The van der Waals surface area contributed by atoms with Gasteiger partial charge in [-0.25, -0.2) is 8.42 Å². The van der Waals surface area contributed by atoms with Gasteiger partial charge in [-0.3, -0.25) is 9.59 Å². The number of H-pyrrole nitrogens is 2. The van der Waals surface area contributed by atoms with Crippen LogP contribution >= 0.6 is 0 Å². The van der Waals surface area contributed by atoms with E-state index in [9.17, 15) is 18.0 Å². The number of aromatic nitrogens is 2. The van der Waals surface area contributed by atoms with Gasteiger partial charge in [-0.2, -0.15) is 4.31 Å². The molecule has 2 aromatic heterocycles. The predicted molar refractivity (Wildman–Crippen MR) is 118 cm³/mol. The van der Waals surface area contributed by atoms with Crippen molar-refractivity contribution >= 4 is 37.8 Å². The summed E-state index contributed by atoms with van der Waals surface area (Å²) < 4.78 is 28.3. The van der Waals surface area contributed by atoms with E-state index in [1.165, 1.54) is 10.4 Å². The number of pyridine rings is 1. The van der Waals surface area contributed by atoms with Gasteiger partial charge in [0.2, 0.25) is 10.0 Å². The number of aliphatic carboxylic acids is 1. The molecule has 31 heavy (non-hydrogen) atoms. The van der Waals surface area contributed by atoms with Crippen molar-refractivity contribution in [3.63, 3.8) is 0 Å². The van der Waals surface area contributed by atoms with Crippen LogP contribution in [-0.2, 0) is 21.2 Å². The zero-order chi connectivity index (χ0) is 22.3. The van der Waals surface area contributed by atoms with Crippen LogP contribution in [0.15, 0.2) is 34.1 Å². The number of nitrogens with zero attached hydrogens (tertiary/aromatic N) is 1. The Hall–Kier alpha value is -2.69. The number of fused-ring (bicyclic) bond motifs is 3. The van der Waals surface area contributed by atoms with E-state index in [1.807, 2.05) is 0 Å². The lowest BCUT2D eigenvalue weighted by Crippen LogP contribution is -2.41. The van der Waals surface area contributed by atoms with Gasteiger partial charge >= 0.3 is 5.97 Å². The fraction of sp³-hybridized carbons (Fsp3) is 0.429. The third-order valence-electron chi connectivity index (χ3n) is 5.56. The van der Waals surface area contributed by atoms with E-state index in [1.54, 1.807) is 25.3 Å². The van der Waals surface area contributed by atoms with Crippen molar-refractivity contribution in [2.75, 3.05) is 6.54 Å². The van der Waals surface area contributed by atoms with Crippen LogP contribution in [0.1, 0.15) is 38.2 Å². The quantitative estimate of drug-likeness (QED) is 0.394. The van der Waals surface area contributed by atoms with Crippen molar-refractivity contribution in [1.82, 2.24) is 14.3 Å². The number of aromatic amines is 2. The molecule has 0 bridgehead atoms. The highest BCUT2D eigenvalue weighted by Crippen LogP contribution is 2.34. The number of benzene rings is 1. The highest BCUT2D eigenvalue weighted by atomic mass is 32.2. The number of carboxylic acids is 1. The van der Waals surface area contributed by atoms with Gasteiger partial charge in [0.25, 0.3) is 5.56 Å². The van der Waals surface area contributed by atoms with Gasteiger partial charge < -0.3 is 20.8 Å². The first kappa shape index (κ1) is 21.5. The average molecular weight is 447 g/mol. The molecule has 10 heteroatoms. The lowest BCUT2D eigenvalue weighted by molar-refractivity contribution is -0.137. The van der Waals surface area contributed by atoms with Crippen molar-refractivity contribution in [3.05, 3.63) is 40.3 Å². The van der Waals surface area contributed by atoms with E-state index in [-0.39, 0.29) is 35.5 Å². The largest absolute Gasteiger partial charge is 0.481 e. The topological polar surface area (TPSA) is 149 Å². The molecule has 1 aliphatic rings. The van der Waals surface area contributed by atoms with Gasteiger partial charge in [0, 0.05) is 47.5 Å². The number of rotatable bonds is 9. The number of nitrogens with one attached hydrogen (secondary N) is 2. The van der Waals surface area contributed by atoms with Crippen LogP contribution in [0.4, 0.5) is 0 Å². The molecule has 0 saturated heterocycles. The summed E-state index contributed by atoms with van der Waals surface area (Å²) in [5, 5.41) is 10.2. The monoisotopic (exact) mass is 446 g/mol. The summed E-state index contributed by atoms with van der Waals surface area (Å²) in [6.45, 7) is 2.03. The highest BCUT2D eigenvalue weighted by molar-refractivity contribution is 7.89. The zero-order valence-corrected chi connectivity index (χ0v) is 18.0. The Morgan fingerprint density at radius 2 is 2.10 bits per heavy atom. The molecule has 1 fully saturated rings. The molecular formula is C21H26N4O5S. The summed E-state index contributed by atoms with van der Waals surface area (Å²) in [4.78, 5) is 29.2. The van der Waals surface area contributed by atoms with E-state index >= 15 is 0 Å². The molecule has 0 spiro atoms. The third-order valence-corrected chi connectivity index (χ3v) is 7.48. The average Bonchev–Trinajstić information content (AvgIpc) is 3.44. The molecule has 166 valence electrons. The first-order valence-corrected chi connectivity index (χ1v) is 11.8. The maximum atomic E-state index is 13.4. The van der Waals surface area contributed by atoms with Gasteiger partial charge in [0.15, 0.2) is 0 Å². The maximum absolute atomic E-state index is 13.4. The first-order chi connectivity index (χ1) is 14.7. The molecule has 3 aromatic rings. The summed E-state index contributed by atoms with van der Waals surface area (Å²) in [5.74, 6) is -0.884. The molecule has 0 unspecified atom stereocenters. The maximum Gasteiger partial charge on any atom is 0.303 e. The smallest absolute Gasteiger partial charge is 0.303 e. The van der Waals surface area contributed by atoms with Crippen LogP contribution in [0.2, 0.25) is 0 Å². The van der Waals surface area contributed by atoms with Crippen LogP contribution in [0, 0.1) is 0 Å². The van der Waals surface area contributed by atoms with Crippen LogP contribution in [0.5, 0.6) is 0 Å². The molecule has 0 aliphatic heterocycles. The van der Waals surface area contributed by atoms with Crippen LogP contribution in [-0.4, -0.2) is 52.4 Å². The SMILES string of the molecule is C[C@H](N)CN(C1CC1)S(=O)(=O)c1ccc2[nH]c(=O)c3[nH]cc(CCCC(=O)O)c3c2c1. The van der Waals surface area contributed by atoms with Gasteiger partial charge in [-0.1, -0.05) is 0 Å². The van der Waals surface area contributed by atoms with Gasteiger partial charge in [0.1, 0.15) is 5.52 Å². The third kappa shape index (κ3) is 4.23. The van der Waals surface area contributed by atoms with Gasteiger partial charge in [0.05, 0.1) is 4.90 Å². The fourth-order valence-electron chi connectivity index (χ4n) is 3.99. The second-order valence-corrected chi connectivity index (χ2v) is 10.1. The van der Waals surface area contributed by atoms with Crippen LogP contribution in [0.25, 0.3) is 21.8 Å². The number of nitrogens with two attached hydrogens (primary N) is 1. The Morgan fingerprint density at radius 3 is 2.74 bits per heavy atom. The Morgan fingerprint density at radius 1 is 1.35 bits per heavy atom. The van der Waals surface area contributed by atoms with Gasteiger partial charge in [-0.05, 0) is 56.4 Å². The standard InChI is InChI=1S/C21H26N4O5S/c1-12(22)11-25(14-5-6-14)31(29,30)15-7-8-17-16(9-15)19-13(3-2-4-18(26)27)10-23-20(19)21(28)24-17/h7-10,12,14,23H,2-6,11,22H2,1H3,(H,24,28)(H,26,27)/t12-/m0/s1. The van der Waals surface area contributed by atoms with Crippen LogP contribution in [0.3, 0.4) is 0 Å². The summed E-state index contributed by atoms with van der Waals surface area (Å²) in [5.41, 5.74) is 7.26. The Labute approximate surface area is 179 Å². The van der Waals surface area contributed by atoms with Crippen molar-refractivity contribution in [3.8, 4) is 0 Å². The zero-order valence-electron chi connectivity index (χ0n) is 17.2. The number of hydrogen-bond acceptors (Lipinski definition) is 5. The second kappa shape index (κ2) is 8.10.